The van der Waals surface area contributed by atoms with Crippen LogP contribution in [0, 0.1) is 5.92 Å². The second-order valence-electron chi connectivity index (χ2n) is 4.74. The SMILES string of the molecule is CCC(C)C(NC(=O)CSc1cccc(O)c1)C(=O)OC. The number of phenols is 1. The highest BCUT2D eigenvalue weighted by Crippen LogP contribution is 2.22. The van der Waals surface area contributed by atoms with Crippen molar-refractivity contribution in [1.82, 2.24) is 5.32 Å². The number of aromatic hydroxyl groups is 1. The summed E-state index contributed by atoms with van der Waals surface area (Å²) in [5.74, 6) is -0.327. The van der Waals surface area contributed by atoms with E-state index in [-0.39, 0.29) is 23.3 Å². The van der Waals surface area contributed by atoms with E-state index in [2.05, 4.69) is 5.32 Å². The van der Waals surface area contributed by atoms with Gasteiger partial charge in [-0.05, 0) is 24.1 Å². The van der Waals surface area contributed by atoms with Crippen molar-refractivity contribution in [1.29, 1.82) is 0 Å². The molecule has 1 amide bonds. The van der Waals surface area contributed by atoms with E-state index in [0.29, 0.717) is 0 Å². The number of hydrogen-bond acceptors (Lipinski definition) is 5. The molecule has 1 aromatic carbocycles. The third-order valence-corrected chi connectivity index (χ3v) is 4.17. The Morgan fingerprint density at radius 2 is 2.14 bits per heavy atom. The first kappa shape index (κ1) is 17.4. The predicted octanol–water partition coefficient (Wildman–Crippen LogP) is 2.19. The van der Waals surface area contributed by atoms with Crippen LogP contribution in [0.5, 0.6) is 5.75 Å². The van der Waals surface area contributed by atoms with Crippen molar-refractivity contribution < 1.29 is 19.4 Å². The maximum absolute atomic E-state index is 12.0. The first-order valence-corrected chi connectivity index (χ1v) is 7.75. The summed E-state index contributed by atoms with van der Waals surface area (Å²) in [5.41, 5.74) is 0. The van der Waals surface area contributed by atoms with Crippen molar-refractivity contribution in [2.24, 2.45) is 5.92 Å². The zero-order valence-electron chi connectivity index (χ0n) is 12.5. The van der Waals surface area contributed by atoms with Gasteiger partial charge in [0.1, 0.15) is 11.8 Å². The van der Waals surface area contributed by atoms with E-state index in [1.54, 1.807) is 18.2 Å². The molecule has 1 rings (SSSR count). The summed E-state index contributed by atoms with van der Waals surface area (Å²) in [4.78, 5) is 24.4. The fraction of sp³-hybridized carbons (Fsp3) is 0.467. The monoisotopic (exact) mass is 311 g/mol. The molecule has 5 nitrogen and oxygen atoms in total. The highest BCUT2D eigenvalue weighted by molar-refractivity contribution is 8.00. The minimum absolute atomic E-state index is 0.00664. The van der Waals surface area contributed by atoms with Crippen LogP contribution in [0.3, 0.4) is 0 Å². The summed E-state index contributed by atoms with van der Waals surface area (Å²) >= 11 is 1.30. The van der Waals surface area contributed by atoms with Crippen LogP contribution in [0.15, 0.2) is 29.2 Å². The lowest BCUT2D eigenvalue weighted by Gasteiger charge is -2.21. The average molecular weight is 311 g/mol. The molecular formula is C15H21NO4S. The first-order valence-electron chi connectivity index (χ1n) is 6.77. The van der Waals surface area contributed by atoms with Gasteiger partial charge < -0.3 is 15.2 Å². The van der Waals surface area contributed by atoms with Gasteiger partial charge in [-0.15, -0.1) is 11.8 Å². The molecule has 0 spiro atoms. The van der Waals surface area contributed by atoms with Crippen molar-refractivity contribution in [3.63, 3.8) is 0 Å². The minimum Gasteiger partial charge on any atom is -0.508 e. The number of benzene rings is 1. The maximum Gasteiger partial charge on any atom is 0.328 e. The van der Waals surface area contributed by atoms with Gasteiger partial charge in [-0.2, -0.15) is 0 Å². The van der Waals surface area contributed by atoms with Crippen molar-refractivity contribution >= 4 is 23.6 Å². The van der Waals surface area contributed by atoms with Crippen molar-refractivity contribution in [2.45, 2.75) is 31.2 Å². The van der Waals surface area contributed by atoms with Crippen molar-refractivity contribution in [3.8, 4) is 5.75 Å². The highest BCUT2D eigenvalue weighted by Gasteiger charge is 2.26. The molecule has 0 fully saturated rings. The van der Waals surface area contributed by atoms with Crippen LogP contribution in [0.25, 0.3) is 0 Å². The van der Waals surface area contributed by atoms with E-state index < -0.39 is 12.0 Å². The second-order valence-corrected chi connectivity index (χ2v) is 5.79. The third kappa shape index (κ3) is 5.67. The van der Waals surface area contributed by atoms with E-state index in [1.807, 2.05) is 19.9 Å². The van der Waals surface area contributed by atoms with Crippen molar-refractivity contribution in [2.75, 3.05) is 12.9 Å². The number of methoxy groups -OCH3 is 1. The molecule has 0 aliphatic heterocycles. The lowest BCUT2D eigenvalue weighted by molar-refractivity contribution is -0.146. The smallest absolute Gasteiger partial charge is 0.328 e. The number of nitrogens with one attached hydrogen (secondary N) is 1. The van der Waals surface area contributed by atoms with Gasteiger partial charge in [0, 0.05) is 4.90 Å². The Labute approximate surface area is 129 Å². The molecule has 0 saturated carbocycles. The van der Waals surface area contributed by atoms with Gasteiger partial charge in [-0.1, -0.05) is 26.3 Å². The Hall–Kier alpha value is -1.69. The van der Waals surface area contributed by atoms with Crippen molar-refractivity contribution in [3.05, 3.63) is 24.3 Å². The quantitative estimate of drug-likeness (QED) is 0.596. The Morgan fingerprint density at radius 3 is 2.71 bits per heavy atom. The van der Waals surface area contributed by atoms with Crippen LogP contribution >= 0.6 is 11.8 Å². The molecule has 0 bridgehead atoms. The summed E-state index contributed by atoms with van der Waals surface area (Å²) in [6.45, 7) is 3.85. The zero-order valence-corrected chi connectivity index (χ0v) is 13.3. The van der Waals surface area contributed by atoms with E-state index >= 15 is 0 Å². The Kier molecular flexibility index (Phi) is 7.08. The van der Waals surface area contributed by atoms with E-state index in [0.717, 1.165) is 11.3 Å². The lowest BCUT2D eigenvalue weighted by Crippen LogP contribution is -2.46. The molecular weight excluding hydrogens is 290 g/mol. The fourth-order valence-corrected chi connectivity index (χ4v) is 2.49. The predicted molar refractivity (Wildman–Crippen MR) is 82.2 cm³/mol. The number of phenolic OH excluding ortho intramolecular Hbond substituents is 1. The number of rotatable bonds is 7. The molecule has 0 aliphatic rings. The first-order chi connectivity index (χ1) is 9.97. The summed E-state index contributed by atoms with van der Waals surface area (Å²) in [7, 11) is 1.31. The molecule has 2 unspecified atom stereocenters. The molecule has 2 atom stereocenters. The lowest BCUT2D eigenvalue weighted by atomic mass is 9.99. The van der Waals surface area contributed by atoms with Gasteiger partial charge in [0.15, 0.2) is 0 Å². The fourth-order valence-electron chi connectivity index (χ4n) is 1.73. The molecule has 0 heterocycles. The van der Waals surface area contributed by atoms with Gasteiger partial charge in [0.2, 0.25) is 5.91 Å². The summed E-state index contributed by atoms with van der Waals surface area (Å²) in [5, 5.41) is 12.1. The van der Waals surface area contributed by atoms with Crippen LogP contribution in [0.2, 0.25) is 0 Å². The minimum atomic E-state index is -0.628. The largest absolute Gasteiger partial charge is 0.508 e. The van der Waals surface area contributed by atoms with Crippen LogP contribution in [0.1, 0.15) is 20.3 Å². The number of ether oxygens (including phenoxy) is 1. The van der Waals surface area contributed by atoms with Crippen LogP contribution < -0.4 is 5.32 Å². The number of hydrogen-bond donors (Lipinski definition) is 2. The normalized spacial score (nSPS) is 13.3. The van der Waals surface area contributed by atoms with Crippen LogP contribution in [-0.2, 0) is 14.3 Å². The second kappa shape index (κ2) is 8.56. The number of esters is 1. The number of carbonyl (C=O) groups is 2. The van der Waals surface area contributed by atoms with Gasteiger partial charge >= 0.3 is 5.97 Å². The van der Waals surface area contributed by atoms with Gasteiger partial charge in [0.05, 0.1) is 12.9 Å². The number of thioether (sulfide) groups is 1. The van der Waals surface area contributed by atoms with Gasteiger partial charge in [-0.3, -0.25) is 4.79 Å². The Morgan fingerprint density at radius 1 is 1.43 bits per heavy atom. The van der Waals surface area contributed by atoms with Gasteiger partial charge in [-0.25, -0.2) is 4.79 Å². The topological polar surface area (TPSA) is 75.6 Å². The molecule has 6 heteroatoms. The standard InChI is InChI=1S/C15H21NO4S/c1-4-10(2)14(15(19)20-3)16-13(18)9-21-12-7-5-6-11(17)8-12/h5-8,10,14,17H,4,9H2,1-3H3,(H,16,18). The number of carbonyl (C=O) groups excluding carboxylic acids is 2. The molecule has 0 aliphatic carbocycles. The van der Waals surface area contributed by atoms with E-state index in [9.17, 15) is 14.7 Å². The summed E-state index contributed by atoms with van der Waals surface area (Å²) < 4.78 is 4.72. The molecule has 0 radical (unpaired) electrons. The average Bonchev–Trinajstić information content (AvgIpc) is 2.49. The molecule has 0 saturated heterocycles. The zero-order chi connectivity index (χ0) is 15.8. The molecule has 0 aromatic heterocycles. The Bertz CT molecular complexity index is 492. The number of amides is 1. The molecule has 21 heavy (non-hydrogen) atoms. The van der Waals surface area contributed by atoms with Crippen LogP contribution in [-0.4, -0.2) is 35.9 Å². The third-order valence-electron chi connectivity index (χ3n) is 3.17. The van der Waals surface area contributed by atoms with E-state index in [1.165, 1.54) is 18.9 Å². The van der Waals surface area contributed by atoms with Crippen LogP contribution in [0.4, 0.5) is 0 Å². The molecule has 2 N–H and O–H groups in total. The Balaban J connectivity index is 2.56. The highest BCUT2D eigenvalue weighted by atomic mass is 32.2. The summed E-state index contributed by atoms with van der Waals surface area (Å²) in [6.07, 6.45) is 0.764. The molecule has 1 aromatic rings. The molecule has 116 valence electrons. The van der Waals surface area contributed by atoms with E-state index in [4.69, 9.17) is 4.74 Å². The maximum atomic E-state index is 12.0. The van der Waals surface area contributed by atoms with Gasteiger partial charge in [0.25, 0.3) is 0 Å². The summed E-state index contributed by atoms with van der Waals surface area (Å²) in [6, 6.07) is 6.05.